The van der Waals surface area contributed by atoms with Crippen molar-refractivity contribution in [2.45, 2.75) is 6.92 Å². The summed E-state index contributed by atoms with van der Waals surface area (Å²) in [7, 11) is 0. The normalized spacial score (nSPS) is 16.5. The van der Waals surface area contributed by atoms with Crippen LogP contribution in [0.15, 0.2) is 48.7 Å². The van der Waals surface area contributed by atoms with E-state index >= 15 is 0 Å². The molecule has 1 aromatic carbocycles. The Morgan fingerprint density at radius 3 is 2.24 bits per heavy atom. The highest BCUT2D eigenvalue weighted by Crippen LogP contribution is 2.31. The quantitative estimate of drug-likeness (QED) is 0.511. The number of halogens is 3. The highest BCUT2D eigenvalue weighted by Gasteiger charge is 2.20. The molecule has 0 bridgehead atoms. The fourth-order valence-corrected chi connectivity index (χ4v) is 4.36. The van der Waals surface area contributed by atoms with E-state index < -0.39 is 0 Å². The van der Waals surface area contributed by atoms with Gasteiger partial charge < -0.3 is 19.4 Å². The number of anilines is 2. The van der Waals surface area contributed by atoms with Crippen LogP contribution in [0.25, 0.3) is 22.0 Å². The van der Waals surface area contributed by atoms with Gasteiger partial charge in [-0.25, -0.2) is 9.97 Å². The van der Waals surface area contributed by atoms with E-state index in [0.29, 0.717) is 0 Å². The Labute approximate surface area is 214 Å². The number of benzene rings is 1. The van der Waals surface area contributed by atoms with Gasteiger partial charge >= 0.3 is 0 Å². The van der Waals surface area contributed by atoms with Crippen molar-refractivity contribution in [2.24, 2.45) is 0 Å². The number of hydrogen-bond donors (Lipinski definition) is 0. The lowest BCUT2D eigenvalue weighted by Gasteiger charge is -2.35. The zero-order chi connectivity index (χ0) is 20.3. The molecule has 0 radical (unpaired) electrons. The summed E-state index contributed by atoms with van der Waals surface area (Å²) in [5, 5.41) is 2.46. The average molecular weight is 513 g/mol. The summed E-state index contributed by atoms with van der Waals surface area (Å²) >= 11 is 0. The van der Waals surface area contributed by atoms with Gasteiger partial charge in [0.15, 0.2) is 0 Å². The van der Waals surface area contributed by atoms with Crippen LogP contribution in [0.5, 0.6) is 0 Å². The summed E-state index contributed by atoms with van der Waals surface area (Å²) < 4.78 is 5.45. The molecule has 2 fully saturated rings. The van der Waals surface area contributed by atoms with Gasteiger partial charge in [0.1, 0.15) is 11.6 Å². The van der Waals surface area contributed by atoms with Crippen molar-refractivity contribution in [2.75, 3.05) is 68.8 Å². The minimum absolute atomic E-state index is 0. The molecular weight excluding hydrogens is 481 g/mol. The topological polar surface area (TPSA) is 44.7 Å². The van der Waals surface area contributed by atoms with Crippen LogP contribution >= 0.6 is 37.2 Å². The Bertz CT molecular complexity index is 1010. The molecular formula is C24H32Cl3N5O. The number of rotatable bonds is 4. The molecule has 33 heavy (non-hydrogen) atoms. The molecule has 0 spiro atoms. The number of nitrogens with zero attached hydrogens (tertiary/aromatic N) is 5. The Morgan fingerprint density at radius 2 is 1.58 bits per heavy atom. The van der Waals surface area contributed by atoms with Crippen LogP contribution < -0.4 is 9.80 Å². The second kappa shape index (κ2) is 12.6. The van der Waals surface area contributed by atoms with Gasteiger partial charge in [-0.3, -0.25) is 0 Å². The van der Waals surface area contributed by atoms with Crippen LogP contribution in [0.3, 0.4) is 0 Å². The molecule has 0 aliphatic carbocycles. The van der Waals surface area contributed by atoms with Crippen molar-refractivity contribution in [1.82, 2.24) is 14.9 Å². The van der Waals surface area contributed by atoms with E-state index in [1.165, 1.54) is 10.8 Å². The molecule has 2 saturated heterocycles. The predicted octanol–water partition coefficient (Wildman–Crippen LogP) is 4.54. The SMILES string of the molecule is CCN1CCN(c2nc(-c3ccc(N4CCOCC4)nc3)cc3ccccc23)CC1.Cl.Cl.Cl. The second-order valence-electron chi connectivity index (χ2n) is 7.98. The number of ether oxygens (including phenoxy) is 1. The van der Waals surface area contributed by atoms with Gasteiger partial charge in [-0.05, 0) is 30.1 Å². The van der Waals surface area contributed by atoms with E-state index in [1.807, 2.05) is 6.20 Å². The Morgan fingerprint density at radius 1 is 0.848 bits per heavy atom. The molecule has 0 amide bonds. The number of morpholine rings is 1. The van der Waals surface area contributed by atoms with Crippen LogP contribution in [0, 0.1) is 0 Å². The zero-order valence-corrected chi connectivity index (χ0v) is 21.3. The summed E-state index contributed by atoms with van der Waals surface area (Å²) in [6.07, 6.45) is 1.96. The largest absolute Gasteiger partial charge is 0.378 e. The first kappa shape index (κ1) is 27.4. The third-order valence-corrected chi connectivity index (χ3v) is 6.22. The van der Waals surface area contributed by atoms with Gasteiger partial charge in [0.25, 0.3) is 0 Å². The van der Waals surface area contributed by atoms with Gasteiger partial charge in [-0.1, -0.05) is 31.2 Å². The van der Waals surface area contributed by atoms with Crippen LogP contribution in [-0.4, -0.2) is 73.9 Å². The van der Waals surface area contributed by atoms with Crippen LogP contribution in [-0.2, 0) is 4.74 Å². The molecule has 0 unspecified atom stereocenters. The van der Waals surface area contributed by atoms with E-state index in [1.54, 1.807) is 0 Å². The van der Waals surface area contributed by atoms with Crippen LogP contribution in [0.4, 0.5) is 11.6 Å². The average Bonchev–Trinajstić information content (AvgIpc) is 2.84. The monoisotopic (exact) mass is 511 g/mol. The molecule has 5 rings (SSSR count). The van der Waals surface area contributed by atoms with E-state index in [-0.39, 0.29) is 37.2 Å². The molecule has 4 heterocycles. The fourth-order valence-electron chi connectivity index (χ4n) is 4.36. The smallest absolute Gasteiger partial charge is 0.137 e. The molecule has 2 aliphatic rings. The second-order valence-corrected chi connectivity index (χ2v) is 7.98. The van der Waals surface area contributed by atoms with Crippen molar-refractivity contribution in [3.8, 4) is 11.3 Å². The number of likely N-dealkylation sites (N-methyl/N-ethyl adjacent to an activating group) is 1. The maximum atomic E-state index is 5.45. The summed E-state index contributed by atoms with van der Waals surface area (Å²) in [6, 6.07) is 15.0. The van der Waals surface area contributed by atoms with Gasteiger partial charge in [-0.15, -0.1) is 37.2 Å². The van der Waals surface area contributed by atoms with Crippen LogP contribution in [0.2, 0.25) is 0 Å². The van der Waals surface area contributed by atoms with E-state index in [0.717, 1.165) is 81.9 Å². The van der Waals surface area contributed by atoms with E-state index in [9.17, 15) is 0 Å². The van der Waals surface area contributed by atoms with Crippen molar-refractivity contribution >= 4 is 59.6 Å². The Balaban J connectivity index is 0.00000128. The van der Waals surface area contributed by atoms with Gasteiger partial charge in [0.2, 0.25) is 0 Å². The molecule has 2 aliphatic heterocycles. The van der Waals surface area contributed by atoms with Crippen molar-refractivity contribution in [3.63, 3.8) is 0 Å². The molecule has 0 saturated carbocycles. The highest BCUT2D eigenvalue weighted by atomic mass is 35.5. The summed E-state index contributed by atoms with van der Waals surface area (Å²) in [6.45, 7) is 10.9. The lowest BCUT2D eigenvalue weighted by Crippen LogP contribution is -2.46. The highest BCUT2D eigenvalue weighted by molar-refractivity contribution is 5.95. The lowest BCUT2D eigenvalue weighted by molar-refractivity contribution is 0.122. The molecule has 180 valence electrons. The third kappa shape index (κ3) is 6.00. The lowest BCUT2D eigenvalue weighted by atomic mass is 10.1. The van der Waals surface area contributed by atoms with Crippen molar-refractivity contribution in [1.29, 1.82) is 0 Å². The Hall–Kier alpha value is -1.83. The summed E-state index contributed by atoms with van der Waals surface area (Å²) in [4.78, 5) is 17.1. The number of fused-ring (bicyclic) bond motifs is 1. The summed E-state index contributed by atoms with van der Waals surface area (Å²) in [5.74, 6) is 2.11. The molecule has 0 N–H and O–H groups in total. The van der Waals surface area contributed by atoms with Gasteiger partial charge in [0, 0.05) is 56.4 Å². The van der Waals surface area contributed by atoms with Gasteiger partial charge in [0.05, 0.1) is 18.9 Å². The maximum Gasteiger partial charge on any atom is 0.137 e. The Kier molecular flexibility index (Phi) is 10.5. The summed E-state index contributed by atoms with van der Waals surface area (Å²) in [5.41, 5.74) is 2.05. The third-order valence-electron chi connectivity index (χ3n) is 6.22. The molecule has 2 aromatic heterocycles. The predicted molar refractivity (Wildman–Crippen MR) is 144 cm³/mol. The molecule has 6 nitrogen and oxygen atoms in total. The number of aromatic nitrogens is 2. The number of pyridine rings is 2. The maximum absolute atomic E-state index is 5.45. The minimum atomic E-state index is 0. The first-order valence-corrected chi connectivity index (χ1v) is 11.0. The standard InChI is InChI=1S/C24H29N5O.3ClH/c1-2-27-9-11-29(12-10-27)24-21-6-4-3-5-19(21)17-22(26-24)20-7-8-23(25-18-20)28-13-15-30-16-14-28;;;/h3-8,17-18H,2,9-16H2,1H3;3*1H. The van der Waals surface area contributed by atoms with E-state index in [2.05, 4.69) is 64.1 Å². The van der Waals surface area contributed by atoms with Crippen molar-refractivity contribution in [3.05, 3.63) is 48.7 Å². The molecule has 3 aromatic rings. The fraction of sp³-hybridized carbons (Fsp3) is 0.417. The first-order chi connectivity index (χ1) is 14.8. The van der Waals surface area contributed by atoms with Crippen LogP contribution in [0.1, 0.15) is 6.92 Å². The zero-order valence-electron chi connectivity index (χ0n) is 18.9. The first-order valence-electron chi connectivity index (χ1n) is 11.0. The van der Waals surface area contributed by atoms with E-state index in [4.69, 9.17) is 14.7 Å². The number of piperazine rings is 1. The molecule has 9 heteroatoms. The minimum Gasteiger partial charge on any atom is -0.378 e. The number of hydrogen-bond acceptors (Lipinski definition) is 6. The van der Waals surface area contributed by atoms with Gasteiger partial charge in [-0.2, -0.15) is 0 Å². The molecule has 0 atom stereocenters. The van der Waals surface area contributed by atoms with Crippen molar-refractivity contribution < 1.29 is 4.74 Å².